The molecule has 2 aromatic heterocycles. The number of nitrogens with one attached hydrogen (secondary N) is 1. The van der Waals surface area contributed by atoms with Crippen molar-refractivity contribution in [3.8, 4) is 0 Å². The summed E-state index contributed by atoms with van der Waals surface area (Å²) < 4.78 is 0. The molecule has 0 fully saturated rings. The van der Waals surface area contributed by atoms with E-state index in [1.54, 1.807) is 6.92 Å². The molecule has 2 heterocycles. The monoisotopic (exact) mass is 305 g/mol. The normalized spacial score (nSPS) is 12.1. The van der Waals surface area contributed by atoms with Crippen LogP contribution in [0.4, 0.5) is 0 Å². The Bertz CT molecular complexity index is 622. The number of carbonyl (C=O) groups excluding carboxylic acids is 1. The zero-order valence-electron chi connectivity index (χ0n) is 13.4. The second-order valence-corrected chi connectivity index (χ2v) is 7.49. The van der Waals surface area contributed by atoms with Gasteiger partial charge >= 0.3 is 0 Å². The van der Waals surface area contributed by atoms with Crippen LogP contribution in [0.5, 0.6) is 0 Å². The van der Waals surface area contributed by atoms with Crippen molar-refractivity contribution < 1.29 is 4.79 Å². The summed E-state index contributed by atoms with van der Waals surface area (Å²) in [6.07, 6.45) is 0. The first-order chi connectivity index (χ1) is 9.75. The number of ketones is 1. The summed E-state index contributed by atoms with van der Waals surface area (Å²) in [5, 5.41) is 9.55. The van der Waals surface area contributed by atoms with Gasteiger partial charge in [0.05, 0.1) is 10.6 Å². The van der Waals surface area contributed by atoms with Crippen LogP contribution in [0.3, 0.4) is 0 Å². The molecule has 114 valence electrons. The number of carbonyl (C=O) groups is 1. The van der Waals surface area contributed by atoms with E-state index >= 15 is 0 Å². The minimum atomic E-state index is 0.0665. The average Bonchev–Trinajstić information content (AvgIpc) is 2.97. The molecule has 0 aliphatic heterocycles. The number of rotatable bonds is 5. The molecule has 21 heavy (non-hydrogen) atoms. The smallest absolute Gasteiger partial charge is 0.169 e. The highest BCUT2D eigenvalue weighted by atomic mass is 32.1. The maximum atomic E-state index is 11.3. The number of hydrogen-bond donors (Lipinski definition) is 1. The maximum Gasteiger partial charge on any atom is 0.169 e. The molecule has 1 N–H and O–H groups in total. The van der Waals surface area contributed by atoms with Gasteiger partial charge in [-0.15, -0.1) is 11.3 Å². The van der Waals surface area contributed by atoms with Crippen molar-refractivity contribution in [1.29, 1.82) is 0 Å². The Kier molecular flexibility index (Phi) is 4.64. The van der Waals surface area contributed by atoms with Gasteiger partial charge in [0, 0.05) is 24.2 Å². The van der Waals surface area contributed by atoms with Crippen LogP contribution in [0.2, 0.25) is 0 Å². The summed E-state index contributed by atoms with van der Waals surface area (Å²) in [6, 6.07) is 4.11. The summed E-state index contributed by atoms with van der Waals surface area (Å²) in [6.45, 7) is 9.72. The molecule has 5 heteroatoms. The van der Waals surface area contributed by atoms with E-state index < -0.39 is 0 Å². The van der Waals surface area contributed by atoms with Crippen LogP contribution in [0.1, 0.15) is 54.3 Å². The summed E-state index contributed by atoms with van der Waals surface area (Å²) in [5.41, 5.74) is 3.45. The second-order valence-electron chi connectivity index (χ2n) is 6.58. The summed E-state index contributed by atoms with van der Waals surface area (Å²) >= 11 is 1.52. The Balaban J connectivity index is 1.96. The highest BCUT2D eigenvalue weighted by molar-refractivity contribution is 7.12. The fourth-order valence-corrected chi connectivity index (χ4v) is 2.93. The van der Waals surface area contributed by atoms with Crippen LogP contribution in [-0.2, 0) is 18.5 Å². The lowest BCUT2D eigenvalue weighted by molar-refractivity contribution is 0.102. The van der Waals surface area contributed by atoms with Gasteiger partial charge in [0.2, 0.25) is 0 Å². The maximum absolute atomic E-state index is 11.3. The number of H-pyrrole nitrogens is 1. The molecule has 0 spiro atoms. The highest BCUT2D eigenvalue weighted by Crippen LogP contribution is 2.21. The molecule has 4 nitrogen and oxygen atoms in total. The van der Waals surface area contributed by atoms with Crippen molar-refractivity contribution in [3.63, 3.8) is 0 Å². The molecule has 0 radical (unpaired) electrons. The molecular formula is C16H23N3OS. The lowest BCUT2D eigenvalue weighted by atomic mass is 9.92. The van der Waals surface area contributed by atoms with Crippen molar-refractivity contribution in [1.82, 2.24) is 15.1 Å². The molecule has 2 rings (SSSR count). The van der Waals surface area contributed by atoms with Crippen molar-refractivity contribution in [2.24, 2.45) is 0 Å². The van der Waals surface area contributed by atoms with Gasteiger partial charge in [0.15, 0.2) is 5.78 Å². The molecule has 0 unspecified atom stereocenters. The largest absolute Gasteiger partial charge is 0.296 e. The zero-order chi connectivity index (χ0) is 15.6. The summed E-state index contributed by atoms with van der Waals surface area (Å²) in [5.74, 6) is 0.136. The highest BCUT2D eigenvalue weighted by Gasteiger charge is 2.17. The van der Waals surface area contributed by atoms with E-state index in [9.17, 15) is 4.79 Å². The summed E-state index contributed by atoms with van der Waals surface area (Å²) in [7, 11) is 2.07. The fraction of sp³-hybridized carbons (Fsp3) is 0.500. The van der Waals surface area contributed by atoms with E-state index in [-0.39, 0.29) is 11.2 Å². The van der Waals surface area contributed by atoms with Crippen LogP contribution in [0, 0.1) is 0 Å². The van der Waals surface area contributed by atoms with Crippen molar-refractivity contribution in [2.45, 2.75) is 46.2 Å². The molecule has 0 saturated carbocycles. The van der Waals surface area contributed by atoms with Crippen LogP contribution in [0.25, 0.3) is 0 Å². The number of thiophene rings is 1. The predicted octanol–water partition coefficient (Wildman–Crippen LogP) is 3.60. The van der Waals surface area contributed by atoms with E-state index in [4.69, 9.17) is 0 Å². The van der Waals surface area contributed by atoms with Crippen molar-refractivity contribution in [2.75, 3.05) is 7.05 Å². The third-order valence-corrected chi connectivity index (χ3v) is 4.37. The van der Waals surface area contributed by atoms with Gasteiger partial charge in [0.25, 0.3) is 0 Å². The molecule has 0 aliphatic carbocycles. The number of aromatic amines is 1. The van der Waals surface area contributed by atoms with E-state index in [1.807, 2.05) is 6.07 Å². The quantitative estimate of drug-likeness (QED) is 0.859. The topological polar surface area (TPSA) is 49.0 Å². The molecule has 0 aromatic carbocycles. The van der Waals surface area contributed by atoms with E-state index in [0.29, 0.717) is 0 Å². The average molecular weight is 305 g/mol. The fourth-order valence-electron chi connectivity index (χ4n) is 2.13. The number of Topliss-reactive ketones (excluding diaryl/α,β-unsaturated/α-hetero) is 1. The first-order valence-corrected chi connectivity index (χ1v) is 7.95. The van der Waals surface area contributed by atoms with Crippen LogP contribution >= 0.6 is 11.3 Å². The van der Waals surface area contributed by atoms with Gasteiger partial charge in [-0.05, 0) is 37.0 Å². The lowest BCUT2D eigenvalue weighted by Crippen LogP contribution is -2.17. The van der Waals surface area contributed by atoms with E-state index in [0.717, 1.165) is 29.4 Å². The Hall–Kier alpha value is -1.46. The number of hydrogen-bond acceptors (Lipinski definition) is 4. The van der Waals surface area contributed by atoms with Crippen molar-refractivity contribution >= 4 is 17.1 Å². The molecular weight excluding hydrogens is 282 g/mol. The van der Waals surface area contributed by atoms with Crippen LogP contribution < -0.4 is 0 Å². The molecule has 0 aliphatic rings. The molecule has 0 amide bonds. The molecule has 2 aromatic rings. The Labute approximate surface area is 130 Å². The van der Waals surface area contributed by atoms with Gasteiger partial charge in [-0.3, -0.25) is 14.8 Å². The third-order valence-electron chi connectivity index (χ3n) is 3.29. The molecule has 0 bridgehead atoms. The van der Waals surface area contributed by atoms with Gasteiger partial charge in [-0.25, -0.2) is 0 Å². The van der Waals surface area contributed by atoms with Gasteiger partial charge < -0.3 is 0 Å². The van der Waals surface area contributed by atoms with Crippen LogP contribution in [-0.4, -0.2) is 27.9 Å². The minimum Gasteiger partial charge on any atom is -0.296 e. The van der Waals surface area contributed by atoms with Gasteiger partial charge in [-0.1, -0.05) is 20.8 Å². The lowest BCUT2D eigenvalue weighted by Gasteiger charge is -2.15. The SMILES string of the molecule is CC(=O)c1cc(CN(C)Cc2cc(C(C)(C)C)n[nH]2)cs1. The van der Waals surface area contributed by atoms with Crippen molar-refractivity contribution in [3.05, 3.63) is 39.3 Å². The standard InChI is InChI=1S/C16H23N3OS/c1-11(20)14-6-12(10-21-14)8-19(5)9-13-7-15(18-17-13)16(2,3)4/h6-7,10H,8-9H2,1-5H3,(H,17,18). The van der Waals surface area contributed by atoms with Gasteiger partial charge in [-0.2, -0.15) is 5.10 Å². The van der Waals surface area contributed by atoms with Crippen LogP contribution in [0.15, 0.2) is 17.5 Å². The van der Waals surface area contributed by atoms with E-state index in [1.165, 1.54) is 16.9 Å². The first-order valence-electron chi connectivity index (χ1n) is 7.07. The molecule has 0 atom stereocenters. The van der Waals surface area contributed by atoms with Gasteiger partial charge in [0.1, 0.15) is 0 Å². The second kappa shape index (κ2) is 6.12. The Morgan fingerprint density at radius 1 is 1.33 bits per heavy atom. The Morgan fingerprint density at radius 3 is 2.57 bits per heavy atom. The minimum absolute atomic E-state index is 0.0665. The first kappa shape index (κ1) is 15.9. The third kappa shape index (κ3) is 4.25. The van der Waals surface area contributed by atoms with E-state index in [2.05, 4.69) is 54.4 Å². The Morgan fingerprint density at radius 2 is 2.05 bits per heavy atom. The number of nitrogens with zero attached hydrogens (tertiary/aromatic N) is 2. The number of aromatic nitrogens is 2. The molecule has 0 saturated heterocycles. The zero-order valence-corrected chi connectivity index (χ0v) is 14.2. The predicted molar refractivity (Wildman–Crippen MR) is 86.8 cm³/mol. The summed E-state index contributed by atoms with van der Waals surface area (Å²) in [4.78, 5) is 14.4.